The minimum Gasteiger partial charge on any atom is -0.481 e. The fourth-order valence-corrected chi connectivity index (χ4v) is 4.79. The normalized spacial score (nSPS) is 23.3. The predicted molar refractivity (Wildman–Crippen MR) is 112 cm³/mol. The highest BCUT2D eigenvalue weighted by Crippen LogP contribution is 2.75. The van der Waals surface area contributed by atoms with Crippen molar-refractivity contribution in [2.75, 3.05) is 0 Å². The maximum absolute atomic E-state index is 12.6. The standard InChI is InChI=1S/C21H18Br2N2O3/c1-20(2)16(10-17(22)23)21(20,19(27)28)15(11-24)14-8-9-25(12-14)18(26)13-6-4-3-5-7-13/h3-10,12,15-16H,1-2H3,(H,27,28)/t15-,16-,21+/m0/s1. The van der Waals surface area contributed by atoms with Crippen LogP contribution in [0.1, 0.15) is 35.7 Å². The molecule has 0 saturated heterocycles. The first-order valence-electron chi connectivity index (χ1n) is 8.61. The lowest BCUT2D eigenvalue weighted by Gasteiger charge is -2.20. The van der Waals surface area contributed by atoms with Gasteiger partial charge in [-0.15, -0.1) is 0 Å². The van der Waals surface area contributed by atoms with E-state index in [0.29, 0.717) is 14.5 Å². The Bertz CT molecular complexity index is 1000. The van der Waals surface area contributed by atoms with Gasteiger partial charge in [0.25, 0.3) is 5.91 Å². The second-order valence-electron chi connectivity index (χ2n) is 7.42. The highest BCUT2D eigenvalue weighted by molar-refractivity contribution is 9.28. The van der Waals surface area contributed by atoms with Crippen LogP contribution < -0.4 is 0 Å². The van der Waals surface area contributed by atoms with Crippen LogP contribution >= 0.6 is 31.9 Å². The van der Waals surface area contributed by atoms with E-state index in [0.717, 1.165) is 0 Å². The maximum atomic E-state index is 12.6. The molecule has 5 nitrogen and oxygen atoms in total. The zero-order chi connectivity index (χ0) is 20.7. The molecule has 7 heteroatoms. The van der Waals surface area contributed by atoms with Gasteiger partial charge in [0.15, 0.2) is 0 Å². The monoisotopic (exact) mass is 504 g/mol. The van der Waals surface area contributed by atoms with E-state index >= 15 is 0 Å². The number of nitrogens with zero attached hydrogens (tertiary/aromatic N) is 2. The van der Waals surface area contributed by atoms with Crippen LogP contribution in [0.25, 0.3) is 0 Å². The van der Waals surface area contributed by atoms with E-state index in [2.05, 4.69) is 37.9 Å². The van der Waals surface area contributed by atoms with Gasteiger partial charge in [0.1, 0.15) is 5.41 Å². The van der Waals surface area contributed by atoms with E-state index in [-0.39, 0.29) is 11.8 Å². The van der Waals surface area contributed by atoms with Crippen LogP contribution in [0.5, 0.6) is 0 Å². The molecule has 1 saturated carbocycles. The van der Waals surface area contributed by atoms with Crippen molar-refractivity contribution in [3.8, 4) is 6.07 Å². The number of aliphatic carboxylic acids is 1. The second kappa shape index (κ2) is 7.34. The molecule has 0 aliphatic heterocycles. The molecule has 1 N–H and O–H groups in total. The summed E-state index contributed by atoms with van der Waals surface area (Å²) in [5.74, 6) is -2.49. The molecule has 0 bridgehead atoms. The Kier molecular flexibility index (Phi) is 5.39. The van der Waals surface area contributed by atoms with Gasteiger partial charge < -0.3 is 5.11 Å². The Morgan fingerprint density at radius 2 is 1.89 bits per heavy atom. The largest absolute Gasteiger partial charge is 0.481 e. The molecule has 0 spiro atoms. The number of carbonyl (C=O) groups excluding carboxylic acids is 1. The van der Waals surface area contributed by atoms with Crippen LogP contribution in [0.3, 0.4) is 0 Å². The third kappa shape index (κ3) is 3.05. The minimum absolute atomic E-state index is 0.234. The lowest BCUT2D eigenvalue weighted by molar-refractivity contribution is -0.145. The molecule has 2 aromatic rings. The van der Waals surface area contributed by atoms with E-state index in [1.807, 2.05) is 19.9 Å². The van der Waals surface area contributed by atoms with Crippen molar-refractivity contribution in [2.45, 2.75) is 19.8 Å². The summed E-state index contributed by atoms with van der Waals surface area (Å²) in [6, 6.07) is 12.6. The van der Waals surface area contributed by atoms with Gasteiger partial charge in [0.05, 0.1) is 15.4 Å². The summed E-state index contributed by atoms with van der Waals surface area (Å²) in [5, 5.41) is 20.0. The van der Waals surface area contributed by atoms with Crippen molar-refractivity contribution < 1.29 is 14.7 Å². The molecule has 1 aliphatic carbocycles. The zero-order valence-electron chi connectivity index (χ0n) is 15.3. The topological polar surface area (TPSA) is 83.1 Å². The van der Waals surface area contributed by atoms with Crippen molar-refractivity contribution in [3.05, 3.63) is 69.4 Å². The molecular formula is C21H18Br2N2O3. The highest BCUT2D eigenvalue weighted by Gasteiger charge is 2.78. The third-order valence-corrected chi connectivity index (χ3v) is 6.31. The minimum atomic E-state index is -1.28. The molecule has 0 unspecified atom stereocenters. The summed E-state index contributed by atoms with van der Waals surface area (Å²) in [6.45, 7) is 3.70. The van der Waals surface area contributed by atoms with E-state index in [9.17, 15) is 20.0 Å². The molecule has 3 rings (SSSR count). The number of halogens is 2. The first-order valence-corrected chi connectivity index (χ1v) is 10.2. The Labute approximate surface area is 179 Å². The van der Waals surface area contributed by atoms with Gasteiger partial charge >= 0.3 is 5.97 Å². The number of nitriles is 1. The number of rotatable bonds is 5. The summed E-state index contributed by atoms with van der Waals surface area (Å²) in [4.78, 5) is 25.0. The smallest absolute Gasteiger partial charge is 0.312 e. The molecule has 1 aromatic carbocycles. The quantitative estimate of drug-likeness (QED) is 0.609. The first kappa shape index (κ1) is 20.6. The van der Waals surface area contributed by atoms with Gasteiger partial charge in [-0.3, -0.25) is 14.2 Å². The number of carboxylic acids is 1. The van der Waals surface area contributed by atoms with E-state index in [1.165, 1.54) is 4.57 Å². The molecule has 1 aromatic heterocycles. The highest BCUT2D eigenvalue weighted by atomic mass is 79.9. The average Bonchev–Trinajstić information content (AvgIpc) is 2.99. The number of hydrogen-bond acceptors (Lipinski definition) is 3. The molecule has 1 heterocycles. The van der Waals surface area contributed by atoms with Crippen LogP contribution in [0.15, 0.2) is 58.3 Å². The lowest BCUT2D eigenvalue weighted by atomic mass is 9.79. The van der Waals surface area contributed by atoms with Crippen molar-refractivity contribution in [1.82, 2.24) is 4.57 Å². The summed E-state index contributed by atoms with van der Waals surface area (Å²) in [6.07, 6.45) is 4.92. The van der Waals surface area contributed by atoms with Crippen LogP contribution in [0.4, 0.5) is 0 Å². The van der Waals surface area contributed by atoms with Crippen LogP contribution in [0, 0.1) is 28.1 Å². The number of benzene rings is 1. The van der Waals surface area contributed by atoms with Gasteiger partial charge in [0, 0.05) is 23.9 Å². The van der Waals surface area contributed by atoms with Gasteiger partial charge in [-0.25, -0.2) is 0 Å². The van der Waals surface area contributed by atoms with Gasteiger partial charge in [-0.05, 0) is 61.0 Å². The SMILES string of the molecule is CC1(C)[C@H](C=C(Br)Br)[C@@]1(C(=O)O)[C@@H](C#N)c1ccn(C(=O)c2ccccc2)c1. The summed E-state index contributed by atoms with van der Waals surface area (Å²) < 4.78 is 2.04. The van der Waals surface area contributed by atoms with Crippen LogP contribution in [-0.4, -0.2) is 21.6 Å². The molecule has 28 heavy (non-hydrogen) atoms. The predicted octanol–water partition coefficient (Wildman–Crippen LogP) is 5.14. The van der Waals surface area contributed by atoms with Gasteiger partial charge in [-0.2, -0.15) is 5.26 Å². The van der Waals surface area contributed by atoms with E-state index < -0.39 is 22.7 Å². The second-order valence-corrected chi connectivity index (χ2v) is 10.2. The Balaban J connectivity index is 2.02. The van der Waals surface area contributed by atoms with Crippen molar-refractivity contribution in [2.24, 2.45) is 16.7 Å². The van der Waals surface area contributed by atoms with E-state index in [4.69, 9.17) is 0 Å². The fraction of sp³-hybridized carbons (Fsp3) is 0.286. The van der Waals surface area contributed by atoms with Gasteiger partial charge in [-0.1, -0.05) is 38.1 Å². The molecule has 144 valence electrons. The zero-order valence-corrected chi connectivity index (χ0v) is 18.4. The summed E-state index contributed by atoms with van der Waals surface area (Å²) in [7, 11) is 0. The molecule has 0 radical (unpaired) electrons. The number of allylic oxidation sites excluding steroid dienone is 1. The number of aromatic nitrogens is 1. The molecule has 3 atom stereocenters. The average molecular weight is 506 g/mol. The molecule has 1 aliphatic rings. The van der Waals surface area contributed by atoms with Crippen molar-refractivity contribution >= 4 is 43.7 Å². The Morgan fingerprint density at radius 1 is 1.25 bits per heavy atom. The van der Waals surface area contributed by atoms with Crippen molar-refractivity contribution in [1.29, 1.82) is 5.26 Å². The first-order chi connectivity index (χ1) is 13.2. The number of carbonyl (C=O) groups is 2. The van der Waals surface area contributed by atoms with Crippen LogP contribution in [-0.2, 0) is 4.79 Å². The fourth-order valence-electron chi connectivity index (χ4n) is 4.27. The van der Waals surface area contributed by atoms with E-state index in [1.54, 1.807) is 48.8 Å². The summed E-state index contributed by atoms with van der Waals surface area (Å²) in [5.41, 5.74) is -0.876. The molecular weight excluding hydrogens is 488 g/mol. The third-order valence-electron chi connectivity index (χ3n) is 5.79. The van der Waals surface area contributed by atoms with Crippen molar-refractivity contribution in [3.63, 3.8) is 0 Å². The van der Waals surface area contributed by atoms with Crippen LogP contribution in [0.2, 0.25) is 0 Å². The molecule has 1 fully saturated rings. The summed E-state index contributed by atoms with van der Waals surface area (Å²) >= 11 is 6.59. The molecule has 0 amide bonds. The Morgan fingerprint density at radius 3 is 2.43 bits per heavy atom. The van der Waals surface area contributed by atoms with Gasteiger partial charge in [0.2, 0.25) is 0 Å². The lowest BCUT2D eigenvalue weighted by Crippen LogP contribution is -2.28. The Hall–Kier alpha value is -2.17. The number of carboxylic acid groups (broad SMARTS) is 1. The maximum Gasteiger partial charge on any atom is 0.312 e. The number of hydrogen-bond donors (Lipinski definition) is 1.